The number of nitrogens with one attached hydrogen (secondary N) is 1. The lowest BCUT2D eigenvalue weighted by Gasteiger charge is -2.34. The number of piperazine rings is 1. The van der Waals surface area contributed by atoms with E-state index in [2.05, 4.69) is 51.4 Å². The summed E-state index contributed by atoms with van der Waals surface area (Å²) in [4.78, 5) is 17.0. The van der Waals surface area contributed by atoms with Crippen LogP contribution in [0.15, 0.2) is 73.1 Å². The lowest BCUT2D eigenvalue weighted by Crippen LogP contribution is -2.49. The van der Waals surface area contributed by atoms with Gasteiger partial charge in [0.15, 0.2) is 0 Å². The molecule has 1 aromatic heterocycles. The summed E-state index contributed by atoms with van der Waals surface area (Å²) in [5.41, 5.74) is 3.17. The van der Waals surface area contributed by atoms with Gasteiger partial charge < -0.3 is 19.5 Å². The first-order valence-electron chi connectivity index (χ1n) is 10.5. The molecule has 3 aromatic rings. The Balaban J connectivity index is 1.31. The number of anilines is 1. The molecule has 1 aliphatic heterocycles. The van der Waals surface area contributed by atoms with Crippen molar-refractivity contribution in [3.8, 4) is 11.4 Å². The summed E-state index contributed by atoms with van der Waals surface area (Å²) >= 11 is 0. The van der Waals surface area contributed by atoms with Crippen LogP contribution in [-0.4, -0.2) is 53.2 Å². The fraction of sp³-hybridized carbons (Fsp3) is 0.292. The van der Waals surface area contributed by atoms with E-state index in [0.717, 1.165) is 19.6 Å². The van der Waals surface area contributed by atoms with Crippen molar-refractivity contribution >= 4 is 11.7 Å². The third kappa shape index (κ3) is 4.83. The van der Waals surface area contributed by atoms with Gasteiger partial charge in [-0.05, 0) is 48.9 Å². The van der Waals surface area contributed by atoms with Crippen LogP contribution >= 0.6 is 0 Å². The lowest BCUT2D eigenvalue weighted by atomic mass is 10.1. The molecular weight excluding hydrogens is 376 g/mol. The van der Waals surface area contributed by atoms with Gasteiger partial charge >= 0.3 is 6.03 Å². The first-order chi connectivity index (χ1) is 14.7. The van der Waals surface area contributed by atoms with Crippen molar-refractivity contribution in [1.29, 1.82) is 0 Å². The van der Waals surface area contributed by atoms with Crippen LogP contribution < -0.4 is 10.1 Å². The number of aromatic nitrogens is 1. The summed E-state index contributed by atoms with van der Waals surface area (Å²) in [6.07, 6.45) is 4.11. The third-order valence-electron chi connectivity index (χ3n) is 5.31. The highest BCUT2D eigenvalue weighted by Crippen LogP contribution is 2.24. The van der Waals surface area contributed by atoms with Gasteiger partial charge in [0.25, 0.3) is 0 Å². The Morgan fingerprint density at radius 2 is 1.73 bits per heavy atom. The number of hydrogen-bond donors (Lipinski definition) is 1. The molecule has 1 N–H and O–H groups in total. The van der Waals surface area contributed by atoms with Crippen molar-refractivity contribution in [3.63, 3.8) is 0 Å². The van der Waals surface area contributed by atoms with E-state index in [1.807, 2.05) is 48.2 Å². The summed E-state index contributed by atoms with van der Waals surface area (Å²) in [7, 11) is 0. The topological polar surface area (TPSA) is 49.7 Å². The highest BCUT2D eigenvalue weighted by atomic mass is 16.5. The summed E-state index contributed by atoms with van der Waals surface area (Å²) in [5, 5.41) is 2.99. The normalized spacial score (nSPS) is 14.5. The van der Waals surface area contributed by atoms with Crippen LogP contribution in [-0.2, 0) is 6.54 Å². The second kappa shape index (κ2) is 9.50. The summed E-state index contributed by atoms with van der Waals surface area (Å²) in [5.74, 6) is 0.703. The van der Waals surface area contributed by atoms with Crippen LogP contribution in [0.2, 0.25) is 0 Å². The quantitative estimate of drug-likeness (QED) is 0.669. The molecule has 2 heterocycles. The molecule has 4 rings (SSSR count). The maximum absolute atomic E-state index is 12.7. The van der Waals surface area contributed by atoms with Gasteiger partial charge in [0, 0.05) is 50.8 Å². The zero-order valence-corrected chi connectivity index (χ0v) is 17.3. The highest BCUT2D eigenvalue weighted by Gasteiger charge is 2.22. The fourth-order valence-corrected chi connectivity index (χ4v) is 3.73. The monoisotopic (exact) mass is 404 g/mol. The average Bonchev–Trinajstić information content (AvgIpc) is 3.31. The molecule has 0 aliphatic carbocycles. The maximum Gasteiger partial charge on any atom is 0.322 e. The Hall–Kier alpha value is -3.25. The van der Waals surface area contributed by atoms with Crippen molar-refractivity contribution in [1.82, 2.24) is 14.4 Å². The molecule has 156 valence electrons. The summed E-state index contributed by atoms with van der Waals surface area (Å²) < 4.78 is 7.72. The van der Waals surface area contributed by atoms with Gasteiger partial charge in [0.2, 0.25) is 0 Å². The molecule has 2 amide bonds. The molecule has 2 aromatic carbocycles. The van der Waals surface area contributed by atoms with Crippen molar-refractivity contribution < 1.29 is 9.53 Å². The van der Waals surface area contributed by atoms with Crippen LogP contribution in [0.4, 0.5) is 10.5 Å². The highest BCUT2D eigenvalue weighted by molar-refractivity contribution is 5.91. The van der Waals surface area contributed by atoms with Gasteiger partial charge in [-0.1, -0.05) is 24.3 Å². The van der Waals surface area contributed by atoms with E-state index >= 15 is 0 Å². The minimum atomic E-state index is -0.0728. The second-order valence-corrected chi connectivity index (χ2v) is 7.38. The lowest BCUT2D eigenvalue weighted by molar-refractivity contribution is 0.143. The Morgan fingerprint density at radius 1 is 0.967 bits per heavy atom. The molecule has 0 unspecified atom stereocenters. The van der Waals surface area contributed by atoms with Crippen molar-refractivity contribution in [2.24, 2.45) is 0 Å². The van der Waals surface area contributed by atoms with Crippen LogP contribution in [0.3, 0.4) is 0 Å². The van der Waals surface area contributed by atoms with E-state index in [-0.39, 0.29) is 6.03 Å². The maximum atomic E-state index is 12.7. The zero-order chi connectivity index (χ0) is 20.8. The Morgan fingerprint density at radius 3 is 2.50 bits per heavy atom. The van der Waals surface area contributed by atoms with Gasteiger partial charge in [-0.25, -0.2) is 4.79 Å². The summed E-state index contributed by atoms with van der Waals surface area (Å²) in [6, 6.07) is 20.2. The number of amides is 2. The smallest absolute Gasteiger partial charge is 0.322 e. The Labute approximate surface area is 177 Å². The first-order valence-corrected chi connectivity index (χ1v) is 10.5. The third-order valence-corrected chi connectivity index (χ3v) is 5.31. The van der Waals surface area contributed by atoms with Crippen molar-refractivity contribution in [3.05, 3.63) is 78.6 Å². The number of carbonyl (C=O) groups excluding carboxylic acids is 1. The summed E-state index contributed by atoms with van der Waals surface area (Å²) in [6.45, 7) is 6.52. The fourth-order valence-electron chi connectivity index (χ4n) is 3.73. The molecular formula is C24H28N4O2. The van der Waals surface area contributed by atoms with Crippen LogP contribution in [0.25, 0.3) is 5.69 Å². The number of para-hydroxylation sites is 2. The van der Waals surface area contributed by atoms with Crippen LogP contribution in [0.1, 0.15) is 12.5 Å². The van der Waals surface area contributed by atoms with E-state index in [0.29, 0.717) is 31.1 Å². The molecule has 0 bridgehead atoms. The van der Waals surface area contributed by atoms with Crippen LogP contribution in [0, 0.1) is 0 Å². The van der Waals surface area contributed by atoms with Gasteiger partial charge in [-0.3, -0.25) is 4.90 Å². The number of ether oxygens (including phenoxy) is 1. The molecule has 6 heteroatoms. The Bertz CT molecular complexity index is 963. The molecule has 0 saturated carbocycles. The van der Waals surface area contributed by atoms with Crippen molar-refractivity contribution in [2.75, 3.05) is 38.1 Å². The standard InChI is InChI=1S/C24H28N4O2/c1-2-30-23-11-4-3-10-22(23)25-24(29)28-16-14-26(15-17-28)19-20-8-7-9-21(18-20)27-12-5-6-13-27/h3-13,18H,2,14-17,19H2,1H3,(H,25,29). The van der Waals surface area contributed by atoms with Crippen molar-refractivity contribution in [2.45, 2.75) is 13.5 Å². The number of benzene rings is 2. The largest absolute Gasteiger partial charge is 0.492 e. The first kappa shape index (κ1) is 20.0. The predicted octanol–water partition coefficient (Wildman–Crippen LogP) is 4.23. The van der Waals surface area contributed by atoms with E-state index in [4.69, 9.17) is 4.74 Å². The van der Waals surface area contributed by atoms with E-state index in [1.54, 1.807) is 0 Å². The van der Waals surface area contributed by atoms with Gasteiger partial charge in [-0.15, -0.1) is 0 Å². The van der Waals surface area contributed by atoms with E-state index in [1.165, 1.54) is 11.3 Å². The van der Waals surface area contributed by atoms with E-state index < -0.39 is 0 Å². The minimum Gasteiger partial charge on any atom is -0.492 e. The number of nitrogens with zero attached hydrogens (tertiary/aromatic N) is 3. The average molecular weight is 405 g/mol. The SMILES string of the molecule is CCOc1ccccc1NC(=O)N1CCN(Cc2cccc(-n3cccc3)c2)CC1. The molecule has 1 aliphatic rings. The Kier molecular flexibility index (Phi) is 6.35. The van der Waals surface area contributed by atoms with Gasteiger partial charge in [0.05, 0.1) is 12.3 Å². The number of urea groups is 1. The molecule has 1 saturated heterocycles. The molecule has 6 nitrogen and oxygen atoms in total. The molecule has 0 spiro atoms. The molecule has 0 atom stereocenters. The molecule has 1 fully saturated rings. The molecule has 0 radical (unpaired) electrons. The number of rotatable bonds is 6. The number of carbonyl (C=O) groups is 1. The van der Waals surface area contributed by atoms with Gasteiger partial charge in [-0.2, -0.15) is 0 Å². The van der Waals surface area contributed by atoms with Gasteiger partial charge in [0.1, 0.15) is 5.75 Å². The molecule has 30 heavy (non-hydrogen) atoms. The zero-order valence-electron chi connectivity index (χ0n) is 17.3. The van der Waals surface area contributed by atoms with Crippen LogP contribution in [0.5, 0.6) is 5.75 Å². The predicted molar refractivity (Wildman–Crippen MR) is 119 cm³/mol. The van der Waals surface area contributed by atoms with E-state index in [9.17, 15) is 4.79 Å². The number of hydrogen-bond acceptors (Lipinski definition) is 3. The second-order valence-electron chi connectivity index (χ2n) is 7.38. The minimum absolute atomic E-state index is 0.0728.